The molecule has 1 atom stereocenters. The van der Waals surface area contributed by atoms with Gasteiger partial charge >= 0.3 is 0 Å². The number of fused-ring (bicyclic) bond motifs is 2. The third-order valence-corrected chi connectivity index (χ3v) is 5.64. The predicted octanol–water partition coefficient (Wildman–Crippen LogP) is 3.88. The van der Waals surface area contributed by atoms with Crippen LogP contribution in [-0.4, -0.2) is 43.1 Å². The number of halogens is 1. The van der Waals surface area contributed by atoms with E-state index >= 15 is 0 Å². The highest BCUT2D eigenvalue weighted by Gasteiger charge is 2.38. The van der Waals surface area contributed by atoms with Crippen LogP contribution in [0.4, 0.5) is 15.8 Å². The number of carbonyl (C=O) groups excluding carboxylic acids is 2. The third-order valence-electron chi connectivity index (χ3n) is 5.64. The van der Waals surface area contributed by atoms with E-state index in [-0.39, 0.29) is 23.7 Å². The van der Waals surface area contributed by atoms with E-state index in [0.29, 0.717) is 16.8 Å². The smallest absolute Gasteiger partial charge is 0.257 e. The third kappa shape index (κ3) is 3.41. The lowest BCUT2D eigenvalue weighted by molar-refractivity contribution is 0.0582. The van der Waals surface area contributed by atoms with Crippen molar-refractivity contribution in [1.82, 2.24) is 4.90 Å². The molecule has 6 nitrogen and oxygen atoms in total. The molecule has 7 heteroatoms. The van der Waals surface area contributed by atoms with Crippen LogP contribution in [0.2, 0.25) is 0 Å². The summed E-state index contributed by atoms with van der Waals surface area (Å²) >= 11 is 0. The Morgan fingerprint density at radius 1 is 1.24 bits per heavy atom. The number of nitrogens with zero attached hydrogens (tertiary/aromatic N) is 2. The summed E-state index contributed by atoms with van der Waals surface area (Å²) < 4.78 is 18.8. The molecule has 2 aliphatic heterocycles. The molecule has 152 valence electrons. The van der Waals surface area contributed by atoms with Crippen LogP contribution in [-0.2, 0) is 0 Å². The highest BCUT2D eigenvalue weighted by Crippen LogP contribution is 2.36. The molecule has 2 heterocycles. The van der Waals surface area contributed by atoms with Gasteiger partial charge in [0.1, 0.15) is 6.17 Å². The minimum atomic E-state index is -0.545. The van der Waals surface area contributed by atoms with Crippen molar-refractivity contribution in [3.05, 3.63) is 53.3 Å². The molecule has 1 N–H and O–H groups in total. The number of rotatable bonds is 4. The molecule has 1 saturated heterocycles. The molecule has 0 spiro atoms. The van der Waals surface area contributed by atoms with Gasteiger partial charge in [0.05, 0.1) is 18.4 Å². The molecule has 2 aromatic carbocycles. The first-order chi connectivity index (χ1) is 14.0. The summed E-state index contributed by atoms with van der Waals surface area (Å²) in [5.74, 6) is -0.757. The van der Waals surface area contributed by atoms with E-state index in [9.17, 15) is 14.0 Å². The molecule has 0 radical (unpaired) electrons. The van der Waals surface area contributed by atoms with Crippen molar-refractivity contribution in [2.24, 2.45) is 0 Å². The van der Waals surface area contributed by atoms with Crippen molar-refractivity contribution in [2.75, 3.05) is 30.4 Å². The Labute approximate surface area is 169 Å². The Bertz CT molecular complexity index is 962. The van der Waals surface area contributed by atoms with Crippen LogP contribution >= 0.6 is 0 Å². The SMILES string of the molecule is CCN1c2cc(C(=O)Nc3ccc(OC)c(F)c3)ccc2C(=O)N2CCCCC21. The van der Waals surface area contributed by atoms with Gasteiger partial charge in [0, 0.05) is 30.4 Å². The molecule has 1 unspecified atom stereocenters. The van der Waals surface area contributed by atoms with E-state index in [4.69, 9.17) is 4.74 Å². The quantitative estimate of drug-likeness (QED) is 0.851. The Balaban J connectivity index is 1.62. The van der Waals surface area contributed by atoms with Crippen molar-refractivity contribution in [1.29, 1.82) is 0 Å². The Hall–Kier alpha value is -3.09. The molecule has 4 rings (SSSR count). The van der Waals surface area contributed by atoms with Gasteiger partial charge in [-0.15, -0.1) is 0 Å². The highest BCUT2D eigenvalue weighted by atomic mass is 19.1. The number of benzene rings is 2. The lowest BCUT2D eigenvalue weighted by atomic mass is 9.97. The molecular formula is C22H24FN3O3. The summed E-state index contributed by atoms with van der Waals surface area (Å²) in [5, 5.41) is 2.71. The number of carbonyl (C=O) groups is 2. The van der Waals surface area contributed by atoms with E-state index in [0.717, 1.165) is 38.0 Å². The Morgan fingerprint density at radius 3 is 2.79 bits per heavy atom. The maximum atomic E-state index is 13.9. The van der Waals surface area contributed by atoms with Crippen LogP contribution in [0, 0.1) is 5.82 Å². The van der Waals surface area contributed by atoms with Gasteiger partial charge in [-0.2, -0.15) is 0 Å². The van der Waals surface area contributed by atoms with Crippen molar-refractivity contribution < 1.29 is 18.7 Å². The van der Waals surface area contributed by atoms with Gasteiger partial charge in [0.15, 0.2) is 11.6 Å². The van der Waals surface area contributed by atoms with Crippen molar-refractivity contribution in [2.45, 2.75) is 32.4 Å². The Kier molecular flexibility index (Phi) is 5.13. The lowest BCUT2D eigenvalue weighted by Crippen LogP contribution is -2.57. The van der Waals surface area contributed by atoms with E-state index in [2.05, 4.69) is 17.1 Å². The summed E-state index contributed by atoms with van der Waals surface area (Å²) in [7, 11) is 1.39. The van der Waals surface area contributed by atoms with Crippen molar-refractivity contribution >= 4 is 23.2 Å². The number of piperidine rings is 1. The van der Waals surface area contributed by atoms with Gasteiger partial charge in [0.2, 0.25) is 0 Å². The van der Waals surface area contributed by atoms with Crippen LogP contribution in [0.3, 0.4) is 0 Å². The summed E-state index contributed by atoms with van der Waals surface area (Å²) in [6, 6.07) is 9.39. The summed E-state index contributed by atoms with van der Waals surface area (Å²) in [6.45, 7) is 3.57. The molecular weight excluding hydrogens is 373 g/mol. The van der Waals surface area contributed by atoms with E-state index in [1.807, 2.05) is 4.90 Å². The van der Waals surface area contributed by atoms with Gasteiger partial charge in [-0.1, -0.05) is 0 Å². The van der Waals surface area contributed by atoms with E-state index < -0.39 is 5.82 Å². The zero-order chi connectivity index (χ0) is 20.5. The normalized spacial score (nSPS) is 18.2. The first-order valence-electron chi connectivity index (χ1n) is 9.90. The van der Waals surface area contributed by atoms with E-state index in [1.165, 1.54) is 19.2 Å². The molecule has 0 aliphatic carbocycles. The molecule has 0 aromatic heterocycles. The van der Waals surface area contributed by atoms with Crippen LogP contribution in [0.1, 0.15) is 46.9 Å². The molecule has 2 amide bonds. The average molecular weight is 397 g/mol. The first kappa shape index (κ1) is 19.2. The van der Waals surface area contributed by atoms with Crippen LogP contribution in [0.5, 0.6) is 5.75 Å². The fourth-order valence-electron chi connectivity index (χ4n) is 4.21. The number of ether oxygens (including phenoxy) is 1. The molecule has 2 aliphatic rings. The standard InChI is InChI=1S/C22H24FN3O3/c1-3-25-18-12-14(21(27)24-15-8-10-19(29-2)17(23)13-15)7-9-16(18)22(28)26-11-5-4-6-20(25)26/h7-10,12-13,20H,3-6,11H2,1-2H3,(H,24,27). The minimum Gasteiger partial charge on any atom is -0.494 e. The second-order valence-electron chi connectivity index (χ2n) is 7.30. The number of hydrogen-bond acceptors (Lipinski definition) is 4. The molecule has 29 heavy (non-hydrogen) atoms. The van der Waals surface area contributed by atoms with Crippen LogP contribution < -0.4 is 15.0 Å². The monoisotopic (exact) mass is 397 g/mol. The zero-order valence-corrected chi connectivity index (χ0v) is 16.6. The summed E-state index contributed by atoms with van der Waals surface area (Å²) in [6.07, 6.45) is 3.08. The van der Waals surface area contributed by atoms with Crippen molar-refractivity contribution in [3.8, 4) is 5.75 Å². The number of hydrogen-bond donors (Lipinski definition) is 1. The zero-order valence-electron chi connectivity index (χ0n) is 16.6. The van der Waals surface area contributed by atoms with Gasteiger partial charge in [-0.05, 0) is 56.5 Å². The second kappa shape index (κ2) is 7.73. The molecule has 0 bridgehead atoms. The van der Waals surface area contributed by atoms with Gasteiger partial charge < -0.3 is 19.9 Å². The first-order valence-corrected chi connectivity index (χ1v) is 9.90. The minimum absolute atomic E-state index is 0.0265. The van der Waals surface area contributed by atoms with Crippen LogP contribution in [0.25, 0.3) is 0 Å². The average Bonchev–Trinajstić information content (AvgIpc) is 2.74. The summed E-state index contributed by atoms with van der Waals surface area (Å²) in [4.78, 5) is 29.8. The van der Waals surface area contributed by atoms with Gasteiger partial charge in [-0.3, -0.25) is 9.59 Å². The number of methoxy groups -OCH3 is 1. The molecule has 0 saturated carbocycles. The van der Waals surface area contributed by atoms with Gasteiger partial charge in [0.25, 0.3) is 11.8 Å². The fraction of sp³-hybridized carbons (Fsp3) is 0.364. The largest absolute Gasteiger partial charge is 0.494 e. The molecule has 2 aromatic rings. The van der Waals surface area contributed by atoms with Gasteiger partial charge in [-0.25, -0.2) is 4.39 Å². The highest BCUT2D eigenvalue weighted by molar-refractivity contribution is 6.08. The Morgan fingerprint density at radius 2 is 2.07 bits per heavy atom. The summed E-state index contributed by atoms with van der Waals surface area (Å²) in [5.41, 5.74) is 2.18. The topological polar surface area (TPSA) is 61.9 Å². The number of anilines is 2. The van der Waals surface area contributed by atoms with Crippen LogP contribution in [0.15, 0.2) is 36.4 Å². The van der Waals surface area contributed by atoms with Crippen molar-refractivity contribution in [3.63, 3.8) is 0 Å². The maximum absolute atomic E-state index is 13.9. The van der Waals surface area contributed by atoms with E-state index in [1.54, 1.807) is 24.3 Å². The lowest BCUT2D eigenvalue weighted by Gasteiger charge is -2.47. The fourth-order valence-corrected chi connectivity index (χ4v) is 4.21. The maximum Gasteiger partial charge on any atom is 0.257 e. The number of amides is 2. The molecule has 1 fully saturated rings. The number of nitrogens with one attached hydrogen (secondary N) is 1. The predicted molar refractivity (Wildman–Crippen MR) is 109 cm³/mol. The second-order valence-corrected chi connectivity index (χ2v) is 7.30.